The number of imidazole rings is 1. The number of anilines is 2. The molecule has 33 heavy (non-hydrogen) atoms. The molecule has 0 spiro atoms. The molecule has 0 unspecified atom stereocenters. The van der Waals surface area contributed by atoms with Gasteiger partial charge in [0.1, 0.15) is 11.3 Å². The monoisotopic (exact) mass is 455 g/mol. The molecule has 1 aliphatic rings. The molecule has 4 aromatic rings. The molecule has 3 N–H and O–H groups in total. The number of benzene rings is 2. The first-order valence-corrected chi connectivity index (χ1v) is 10.4. The van der Waals surface area contributed by atoms with Crippen LogP contribution in [0.25, 0.3) is 22.7 Å². The van der Waals surface area contributed by atoms with E-state index >= 15 is 4.39 Å². The van der Waals surface area contributed by atoms with Gasteiger partial charge in [-0.3, -0.25) is 4.79 Å². The molecule has 11 heteroatoms. The van der Waals surface area contributed by atoms with Crippen LogP contribution in [0, 0.1) is 17.6 Å². The van der Waals surface area contributed by atoms with Crippen molar-refractivity contribution in [2.45, 2.75) is 31.8 Å². The lowest BCUT2D eigenvalue weighted by molar-refractivity contribution is -0.143. The number of hydrogen-bond acceptors (Lipinski definition) is 7. The lowest BCUT2D eigenvalue weighted by Crippen LogP contribution is -2.28. The number of halogens is 2. The second-order valence-corrected chi connectivity index (χ2v) is 7.83. The number of hydrogen-bond donors (Lipinski definition) is 3. The summed E-state index contributed by atoms with van der Waals surface area (Å²) < 4.78 is 39.4. The molecule has 1 aliphatic carbocycles. The molecular weight excluding hydrogens is 436 g/mol. The van der Waals surface area contributed by atoms with Crippen molar-refractivity contribution >= 4 is 28.7 Å². The summed E-state index contributed by atoms with van der Waals surface area (Å²) in [6.07, 6.45) is 1.85. The molecule has 9 nitrogen and oxygen atoms in total. The summed E-state index contributed by atoms with van der Waals surface area (Å²) >= 11 is 0. The fourth-order valence-corrected chi connectivity index (χ4v) is 3.85. The molecule has 0 aliphatic heterocycles. The largest absolute Gasteiger partial charge is 0.487 e. The van der Waals surface area contributed by atoms with Crippen LogP contribution in [-0.4, -0.2) is 37.3 Å². The van der Waals surface area contributed by atoms with Crippen LogP contribution < -0.4 is 10.1 Å². The van der Waals surface area contributed by atoms with Crippen LogP contribution in [-0.2, 0) is 4.79 Å². The lowest BCUT2D eigenvalue weighted by atomic mass is 9.87. The van der Waals surface area contributed by atoms with Gasteiger partial charge < -0.3 is 24.6 Å². The molecule has 0 bridgehead atoms. The number of H-pyrrole nitrogens is 1. The van der Waals surface area contributed by atoms with Crippen LogP contribution in [0.2, 0.25) is 0 Å². The molecule has 2 aromatic carbocycles. The zero-order chi connectivity index (χ0) is 22.9. The van der Waals surface area contributed by atoms with E-state index in [1.54, 1.807) is 6.07 Å². The lowest BCUT2D eigenvalue weighted by Gasteiger charge is -2.26. The normalized spacial score (nSPS) is 18.4. The molecule has 0 atom stereocenters. The number of aliphatic carboxylic acids is 1. The molecule has 0 radical (unpaired) electrons. The smallest absolute Gasteiger partial charge is 0.320 e. The maximum atomic E-state index is 15.1. The summed E-state index contributed by atoms with van der Waals surface area (Å²) in [6, 6.07) is 8.84. The predicted molar refractivity (Wildman–Crippen MR) is 113 cm³/mol. The van der Waals surface area contributed by atoms with Crippen LogP contribution >= 0.6 is 0 Å². The maximum absolute atomic E-state index is 15.1. The van der Waals surface area contributed by atoms with Crippen LogP contribution in [0.1, 0.15) is 25.7 Å². The Labute approximate surface area is 185 Å². The Balaban J connectivity index is 1.32. The molecule has 1 fully saturated rings. The van der Waals surface area contributed by atoms with Gasteiger partial charge in [-0.1, -0.05) is 5.10 Å². The van der Waals surface area contributed by atoms with Gasteiger partial charge >= 0.3 is 12.0 Å². The zero-order valence-corrected chi connectivity index (χ0v) is 17.2. The molecule has 1 saturated carbocycles. The number of rotatable bonds is 6. The third kappa shape index (κ3) is 4.34. The Morgan fingerprint density at radius 1 is 1.09 bits per heavy atom. The fourth-order valence-electron chi connectivity index (χ4n) is 3.85. The number of nitrogens with zero attached hydrogens (tertiary/aromatic N) is 3. The van der Waals surface area contributed by atoms with Crippen molar-refractivity contribution in [1.29, 1.82) is 0 Å². The van der Waals surface area contributed by atoms with Crippen molar-refractivity contribution in [3.63, 3.8) is 0 Å². The van der Waals surface area contributed by atoms with Crippen LogP contribution in [0.15, 0.2) is 40.8 Å². The number of carboxylic acids is 1. The van der Waals surface area contributed by atoms with Crippen LogP contribution in [0.5, 0.6) is 5.75 Å². The highest BCUT2D eigenvalue weighted by Crippen LogP contribution is 2.32. The average Bonchev–Trinajstić information content (AvgIpc) is 3.45. The van der Waals surface area contributed by atoms with Crippen molar-refractivity contribution in [3.8, 4) is 17.5 Å². The Hall–Kier alpha value is -4.02. The van der Waals surface area contributed by atoms with E-state index in [9.17, 15) is 9.18 Å². The summed E-state index contributed by atoms with van der Waals surface area (Å²) in [4.78, 5) is 18.3. The van der Waals surface area contributed by atoms with E-state index in [1.165, 1.54) is 30.3 Å². The Kier molecular flexibility index (Phi) is 5.37. The van der Waals surface area contributed by atoms with Gasteiger partial charge in [-0.2, -0.15) is 0 Å². The van der Waals surface area contributed by atoms with Crippen molar-refractivity contribution in [1.82, 2.24) is 20.2 Å². The third-order valence-corrected chi connectivity index (χ3v) is 5.60. The maximum Gasteiger partial charge on any atom is 0.320 e. The van der Waals surface area contributed by atoms with E-state index in [1.807, 2.05) is 0 Å². The van der Waals surface area contributed by atoms with Crippen molar-refractivity contribution in [2.24, 2.45) is 5.92 Å². The molecule has 2 heterocycles. The molecule has 170 valence electrons. The molecule has 5 rings (SSSR count). The summed E-state index contributed by atoms with van der Waals surface area (Å²) in [5.41, 5.74) is 1.05. The predicted octanol–water partition coefficient (Wildman–Crippen LogP) is 4.66. The minimum Gasteiger partial charge on any atom is -0.487 e. The second kappa shape index (κ2) is 8.49. The quantitative estimate of drug-likeness (QED) is 0.383. The first-order chi connectivity index (χ1) is 16.0. The van der Waals surface area contributed by atoms with E-state index in [0.29, 0.717) is 36.9 Å². The van der Waals surface area contributed by atoms with E-state index in [2.05, 4.69) is 25.5 Å². The minimum atomic E-state index is -0.804. The number of aromatic nitrogens is 4. The van der Waals surface area contributed by atoms with E-state index in [0.717, 1.165) is 0 Å². The average molecular weight is 455 g/mol. The summed E-state index contributed by atoms with van der Waals surface area (Å²) in [5, 5.41) is 19.8. The number of aromatic amines is 1. The Morgan fingerprint density at radius 2 is 1.85 bits per heavy atom. The summed E-state index contributed by atoms with van der Waals surface area (Å²) in [5.74, 6) is -1.88. The highest BCUT2D eigenvalue weighted by atomic mass is 19.1. The zero-order valence-electron chi connectivity index (χ0n) is 17.2. The van der Waals surface area contributed by atoms with E-state index < -0.39 is 11.8 Å². The molecule has 0 saturated heterocycles. The van der Waals surface area contributed by atoms with E-state index in [4.69, 9.17) is 14.3 Å². The number of ether oxygens (including phenoxy) is 1. The van der Waals surface area contributed by atoms with Crippen molar-refractivity contribution < 1.29 is 27.8 Å². The third-order valence-electron chi connectivity index (χ3n) is 5.60. The molecule has 0 amide bonds. The Morgan fingerprint density at radius 3 is 2.58 bits per heavy atom. The van der Waals surface area contributed by atoms with Crippen molar-refractivity contribution in [2.75, 3.05) is 5.32 Å². The number of fused-ring (bicyclic) bond motifs is 1. The molecule has 2 aromatic heterocycles. The standard InChI is InChI=1S/C22H19F2N5O4/c23-12-3-5-13(6-4-12)25-22-29-28-20(33-22)19-26-15-9-10-16(17(24)18(15)27-19)32-14-7-1-11(2-8-14)21(30)31/h3-6,9-11,14H,1-2,7-8H2,(H,25,29)(H,26,27)(H,30,31). The van der Waals surface area contributed by atoms with Gasteiger partial charge in [0.2, 0.25) is 0 Å². The highest BCUT2D eigenvalue weighted by Gasteiger charge is 2.28. The van der Waals surface area contributed by atoms with Gasteiger partial charge in [-0.15, -0.1) is 5.10 Å². The first kappa shape index (κ1) is 20.9. The number of carbonyl (C=O) groups is 1. The van der Waals surface area contributed by atoms with Gasteiger partial charge in [0, 0.05) is 5.69 Å². The Bertz CT molecular complexity index is 1300. The van der Waals surface area contributed by atoms with Gasteiger partial charge in [0.05, 0.1) is 17.5 Å². The van der Waals surface area contributed by atoms with Crippen LogP contribution in [0.4, 0.5) is 20.5 Å². The van der Waals surface area contributed by atoms with Gasteiger partial charge in [0.25, 0.3) is 5.89 Å². The van der Waals surface area contributed by atoms with Gasteiger partial charge in [0.15, 0.2) is 17.4 Å². The van der Waals surface area contributed by atoms with E-state index in [-0.39, 0.29) is 46.8 Å². The highest BCUT2D eigenvalue weighted by molar-refractivity contribution is 5.80. The molecular formula is C22H19F2N5O4. The van der Waals surface area contributed by atoms with Gasteiger partial charge in [-0.05, 0) is 62.1 Å². The minimum absolute atomic E-state index is 0.0460. The SMILES string of the molecule is O=C(O)C1CCC(Oc2ccc3[nH]c(-c4nnc(Nc5ccc(F)cc5)o4)nc3c2F)CC1. The second-order valence-electron chi connectivity index (χ2n) is 7.83. The van der Waals surface area contributed by atoms with Crippen LogP contribution in [0.3, 0.4) is 0 Å². The van der Waals surface area contributed by atoms with Crippen molar-refractivity contribution in [3.05, 3.63) is 48.0 Å². The fraction of sp³-hybridized carbons (Fsp3) is 0.273. The number of nitrogens with one attached hydrogen (secondary N) is 2. The number of carboxylic acid groups (broad SMARTS) is 1. The summed E-state index contributed by atoms with van der Waals surface area (Å²) in [7, 11) is 0. The van der Waals surface area contributed by atoms with Gasteiger partial charge in [-0.25, -0.2) is 13.8 Å². The first-order valence-electron chi connectivity index (χ1n) is 10.4. The summed E-state index contributed by atoms with van der Waals surface area (Å²) in [6.45, 7) is 0. The topological polar surface area (TPSA) is 126 Å².